The maximum absolute atomic E-state index is 12.7. The number of hydrazine groups is 1. The number of anilines is 1. The predicted molar refractivity (Wildman–Crippen MR) is 91.1 cm³/mol. The third kappa shape index (κ3) is 3.85. The Morgan fingerprint density at radius 3 is 2.65 bits per heavy atom. The van der Waals surface area contributed by atoms with E-state index in [4.69, 9.17) is 4.74 Å². The van der Waals surface area contributed by atoms with Gasteiger partial charge in [-0.3, -0.25) is 14.9 Å². The molecule has 0 spiro atoms. The first-order valence-electron chi connectivity index (χ1n) is 7.16. The van der Waals surface area contributed by atoms with Crippen molar-refractivity contribution in [2.45, 2.75) is 31.7 Å². The van der Waals surface area contributed by atoms with E-state index >= 15 is 0 Å². The number of nitrogens with one attached hydrogen (secondary N) is 3. The lowest BCUT2D eigenvalue weighted by molar-refractivity contribution is -0.145. The summed E-state index contributed by atoms with van der Waals surface area (Å²) in [6.07, 6.45) is 0.593. The van der Waals surface area contributed by atoms with Gasteiger partial charge in [-0.05, 0) is 37.1 Å². The number of benzene rings is 1. The smallest absolute Gasteiger partial charge is 0.313 e. The second kappa shape index (κ2) is 7.16. The quantitative estimate of drug-likeness (QED) is 0.642. The summed E-state index contributed by atoms with van der Waals surface area (Å²) in [4.78, 5) is 12.0. The zero-order valence-electron chi connectivity index (χ0n) is 13.1. The summed E-state index contributed by atoms with van der Waals surface area (Å²) in [5.41, 5.74) is 6.90. The normalized spacial score (nSPS) is 24.4. The molecule has 128 valence electrons. The molecular weight excluding hydrogens is 386 g/mol. The van der Waals surface area contributed by atoms with Crippen molar-refractivity contribution >= 4 is 37.6 Å². The molecule has 23 heavy (non-hydrogen) atoms. The zero-order chi connectivity index (χ0) is 17.2. The van der Waals surface area contributed by atoms with Crippen molar-refractivity contribution < 1.29 is 17.9 Å². The van der Waals surface area contributed by atoms with Crippen LogP contribution in [0.15, 0.2) is 22.7 Å². The number of sulfonamides is 1. The average Bonchev–Trinajstić information content (AvgIpc) is 2.94. The fraction of sp³-hybridized carbons (Fsp3) is 0.500. The van der Waals surface area contributed by atoms with Gasteiger partial charge in [0, 0.05) is 16.2 Å². The number of hydrogen-bond acceptors (Lipinski definition) is 6. The van der Waals surface area contributed by atoms with E-state index in [1.54, 1.807) is 18.2 Å². The molecule has 1 aliphatic rings. The molecule has 1 aliphatic heterocycles. The molecular formula is C14H20BrN3O4S. The topological polar surface area (TPSA) is 96.5 Å². The number of ether oxygens (including phenoxy) is 1. The Morgan fingerprint density at radius 2 is 2.09 bits per heavy atom. The Hall–Kier alpha value is -1.16. The van der Waals surface area contributed by atoms with Gasteiger partial charge < -0.3 is 4.74 Å². The molecule has 3 unspecified atom stereocenters. The van der Waals surface area contributed by atoms with E-state index in [-0.39, 0.29) is 6.04 Å². The van der Waals surface area contributed by atoms with Gasteiger partial charge in [-0.15, -0.1) is 0 Å². The van der Waals surface area contributed by atoms with E-state index in [0.717, 1.165) is 10.0 Å². The van der Waals surface area contributed by atoms with Crippen LogP contribution in [0.4, 0.5) is 5.69 Å². The molecule has 0 aliphatic carbocycles. The Bertz CT molecular complexity index is 695. The first-order chi connectivity index (χ1) is 10.8. The molecule has 3 atom stereocenters. The minimum absolute atomic E-state index is 0.310. The molecule has 0 aromatic heterocycles. The van der Waals surface area contributed by atoms with Crippen LogP contribution in [0.2, 0.25) is 0 Å². The number of carbonyl (C=O) groups is 1. The van der Waals surface area contributed by atoms with Crippen molar-refractivity contribution in [2.75, 3.05) is 11.8 Å². The summed E-state index contributed by atoms with van der Waals surface area (Å²) >= 11 is 3.37. The fourth-order valence-corrected chi connectivity index (χ4v) is 4.31. The van der Waals surface area contributed by atoms with Gasteiger partial charge in [-0.1, -0.05) is 22.9 Å². The molecule has 9 heteroatoms. The number of aryl methyl sites for hydroxylation is 1. The van der Waals surface area contributed by atoms with E-state index in [1.165, 1.54) is 7.11 Å². The molecule has 1 heterocycles. The highest BCUT2D eigenvalue weighted by atomic mass is 79.9. The summed E-state index contributed by atoms with van der Waals surface area (Å²) in [6.45, 7) is 3.73. The van der Waals surface area contributed by atoms with Crippen LogP contribution < -0.4 is 15.6 Å². The molecule has 3 N–H and O–H groups in total. The summed E-state index contributed by atoms with van der Waals surface area (Å²) in [5.74, 6) is -1.38. The molecule has 0 bridgehead atoms. The SMILES string of the molecule is CCC1NNC(S(=O)(=O)Nc2ccc(Br)c(C)c2)C1C(=O)OC. The van der Waals surface area contributed by atoms with E-state index in [9.17, 15) is 13.2 Å². The van der Waals surface area contributed by atoms with Gasteiger partial charge in [0.05, 0.1) is 7.11 Å². The van der Waals surface area contributed by atoms with Crippen LogP contribution in [0.1, 0.15) is 18.9 Å². The number of methoxy groups -OCH3 is 1. The van der Waals surface area contributed by atoms with Crippen molar-refractivity contribution in [3.63, 3.8) is 0 Å². The minimum atomic E-state index is -3.83. The lowest BCUT2D eigenvalue weighted by Gasteiger charge is -2.20. The van der Waals surface area contributed by atoms with Gasteiger partial charge >= 0.3 is 5.97 Å². The molecule has 2 rings (SSSR count). The third-order valence-electron chi connectivity index (χ3n) is 3.84. The average molecular weight is 406 g/mol. The molecule has 1 aromatic carbocycles. The Labute approximate surface area is 144 Å². The van der Waals surface area contributed by atoms with Gasteiger partial charge in [-0.25, -0.2) is 13.8 Å². The fourth-order valence-electron chi connectivity index (χ4n) is 2.57. The maximum atomic E-state index is 12.7. The summed E-state index contributed by atoms with van der Waals surface area (Å²) in [5, 5.41) is -1.11. The standard InChI is InChI=1S/C14H20BrN3O4S/c1-4-11-12(14(19)22-3)13(17-16-11)23(20,21)18-9-5-6-10(15)8(2)7-9/h5-7,11-13,16-18H,4H2,1-3H3. The predicted octanol–water partition coefficient (Wildman–Crippen LogP) is 1.50. The van der Waals surface area contributed by atoms with Crippen molar-refractivity contribution in [1.29, 1.82) is 0 Å². The third-order valence-corrected chi connectivity index (χ3v) is 6.33. The van der Waals surface area contributed by atoms with E-state index in [2.05, 4.69) is 31.5 Å². The molecule has 0 saturated carbocycles. The Kier molecular flexibility index (Phi) is 5.66. The highest BCUT2D eigenvalue weighted by Gasteiger charge is 2.47. The van der Waals surface area contributed by atoms with Gasteiger partial charge in [-0.2, -0.15) is 0 Å². The van der Waals surface area contributed by atoms with Crippen molar-refractivity contribution in [1.82, 2.24) is 10.9 Å². The Morgan fingerprint density at radius 1 is 1.39 bits per heavy atom. The molecule has 7 nitrogen and oxygen atoms in total. The summed E-state index contributed by atoms with van der Waals surface area (Å²) in [7, 11) is -2.58. The molecule has 1 saturated heterocycles. The van der Waals surface area contributed by atoms with Crippen LogP contribution in [-0.4, -0.2) is 32.9 Å². The first-order valence-corrected chi connectivity index (χ1v) is 9.50. The van der Waals surface area contributed by atoms with E-state index in [1.807, 2.05) is 13.8 Å². The van der Waals surface area contributed by atoms with Crippen LogP contribution >= 0.6 is 15.9 Å². The van der Waals surface area contributed by atoms with E-state index in [0.29, 0.717) is 12.1 Å². The number of carbonyl (C=O) groups excluding carboxylic acids is 1. The van der Waals surface area contributed by atoms with Crippen LogP contribution in [0.5, 0.6) is 0 Å². The number of halogens is 1. The van der Waals surface area contributed by atoms with Crippen LogP contribution in [0.25, 0.3) is 0 Å². The number of hydrogen-bond donors (Lipinski definition) is 3. The maximum Gasteiger partial charge on any atom is 0.313 e. The summed E-state index contributed by atoms with van der Waals surface area (Å²) in [6, 6.07) is 4.83. The van der Waals surface area contributed by atoms with Gasteiger partial charge in [0.25, 0.3) is 10.0 Å². The van der Waals surface area contributed by atoms with Crippen LogP contribution in [0, 0.1) is 12.8 Å². The van der Waals surface area contributed by atoms with E-state index < -0.39 is 27.3 Å². The first kappa shape index (κ1) is 18.2. The second-order valence-corrected chi connectivity index (χ2v) is 8.04. The summed E-state index contributed by atoms with van der Waals surface area (Å²) < 4.78 is 33.5. The highest BCUT2D eigenvalue weighted by molar-refractivity contribution is 9.10. The minimum Gasteiger partial charge on any atom is -0.469 e. The molecule has 0 amide bonds. The van der Waals surface area contributed by atoms with Gasteiger partial charge in [0.1, 0.15) is 5.92 Å². The Balaban J connectivity index is 2.27. The zero-order valence-corrected chi connectivity index (χ0v) is 15.5. The second-order valence-electron chi connectivity index (χ2n) is 5.38. The van der Waals surface area contributed by atoms with Gasteiger partial charge in [0.15, 0.2) is 5.37 Å². The van der Waals surface area contributed by atoms with Gasteiger partial charge in [0.2, 0.25) is 0 Å². The highest BCUT2D eigenvalue weighted by Crippen LogP contribution is 2.26. The molecule has 1 fully saturated rings. The monoisotopic (exact) mass is 405 g/mol. The lowest BCUT2D eigenvalue weighted by Crippen LogP contribution is -2.44. The number of rotatable bonds is 5. The van der Waals surface area contributed by atoms with Crippen LogP contribution in [-0.2, 0) is 19.6 Å². The van der Waals surface area contributed by atoms with Crippen molar-refractivity contribution in [2.24, 2.45) is 5.92 Å². The molecule has 1 aromatic rings. The van der Waals surface area contributed by atoms with Crippen molar-refractivity contribution in [3.05, 3.63) is 28.2 Å². The largest absolute Gasteiger partial charge is 0.469 e. The molecule has 0 radical (unpaired) electrons. The lowest BCUT2D eigenvalue weighted by atomic mass is 10.00. The van der Waals surface area contributed by atoms with Crippen molar-refractivity contribution in [3.8, 4) is 0 Å². The number of esters is 1. The van der Waals surface area contributed by atoms with Crippen LogP contribution in [0.3, 0.4) is 0 Å².